The molecule has 2 aromatic heterocycles. The first-order chi connectivity index (χ1) is 13.6. The molecule has 4 rings (SSSR count). The summed E-state index contributed by atoms with van der Waals surface area (Å²) in [6.07, 6.45) is 1.39. The fourth-order valence-corrected chi connectivity index (χ4v) is 4.10. The Bertz CT molecular complexity index is 1020. The Hall–Kier alpha value is -3.32. The number of rotatable bonds is 6. The molecule has 142 valence electrons. The Morgan fingerprint density at radius 2 is 2.00 bits per heavy atom. The largest absolute Gasteiger partial charge is 0.503 e. The van der Waals surface area contributed by atoms with E-state index < -0.39 is 23.5 Å². The number of thiophene rings is 1. The van der Waals surface area contributed by atoms with E-state index in [9.17, 15) is 14.7 Å². The van der Waals surface area contributed by atoms with Crippen LogP contribution < -0.4 is 4.74 Å². The highest BCUT2D eigenvalue weighted by Crippen LogP contribution is 2.41. The Balaban J connectivity index is 1.72. The molecule has 1 unspecified atom stereocenters. The summed E-state index contributed by atoms with van der Waals surface area (Å²) in [6, 6.07) is 13.4. The monoisotopic (exact) mass is 395 g/mol. The topological polar surface area (TPSA) is 80.0 Å². The average molecular weight is 395 g/mol. The third kappa shape index (κ3) is 3.10. The molecule has 0 radical (unpaired) electrons. The Labute approximate surface area is 165 Å². The lowest BCUT2D eigenvalue weighted by Gasteiger charge is -2.25. The van der Waals surface area contributed by atoms with Crippen molar-refractivity contribution in [2.24, 2.45) is 0 Å². The zero-order chi connectivity index (χ0) is 19.7. The van der Waals surface area contributed by atoms with Crippen LogP contribution in [0.4, 0.5) is 0 Å². The number of benzene rings is 1. The third-order valence-corrected chi connectivity index (χ3v) is 5.54. The van der Waals surface area contributed by atoms with Crippen LogP contribution in [0.5, 0.6) is 5.75 Å². The first-order valence-corrected chi connectivity index (χ1v) is 9.46. The van der Waals surface area contributed by atoms with Crippen molar-refractivity contribution in [3.8, 4) is 5.75 Å². The molecular formula is C21H17NO5S. The van der Waals surface area contributed by atoms with Crippen molar-refractivity contribution in [1.82, 2.24) is 4.90 Å². The van der Waals surface area contributed by atoms with Gasteiger partial charge in [-0.15, -0.1) is 11.3 Å². The van der Waals surface area contributed by atoms with E-state index in [0.717, 1.165) is 10.4 Å². The van der Waals surface area contributed by atoms with E-state index in [1.54, 1.807) is 25.3 Å². The summed E-state index contributed by atoms with van der Waals surface area (Å²) < 4.78 is 10.4. The predicted molar refractivity (Wildman–Crippen MR) is 103 cm³/mol. The van der Waals surface area contributed by atoms with Crippen LogP contribution in [0, 0.1) is 0 Å². The summed E-state index contributed by atoms with van der Waals surface area (Å²) in [5.41, 5.74) is 0.895. The highest BCUT2D eigenvalue weighted by molar-refractivity contribution is 7.10. The maximum absolute atomic E-state index is 12.9. The van der Waals surface area contributed by atoms with Crippen molar-refractivity contribution in [1.29, 1.82) is 0 Å². The van der Waals surface area contributed by atoms with Crippen molar-refractivity contribution in [3.63, 3.8) is 0 Å². The normalized spacial score (nSPS) is 16.7. The minimum atomic E-state index is -0.674. The zero-order valence-electron chi connectivity index (χ0n) is 15.0. The average Bonchev–Trinajstić information content (AvgIpc) is 3.46. The molecule has 1 aliphatic heterocycles. The Kier molecular flexibility index (Phi) is 4.75. The number of hydrogen-bond donors (Lipinski definition) is 1. The van der Waals surface area contributed by atoms with Crippen LogP contribution in [0.15, 0.2) is 75.9 Å². The van der Waals surface area contributed by atoms with Gasteiger partial charge in [-0.25, -0.2) is 0 Å². The standard InChI is InChI=1S/C21H17NO5S/c1-26-14-8-6-13(7-9-14)12-22-18(16-5-3-11-28-16)17(20(24)21(22)25)19(23)15-4-2-10-27-15/h2-11,18,24H,12H2,1H3. The van der Waals surface area contributed by atoms with E-state index in [2.05, 4.69) is 0 Å². The molecule has 0 fully saturated rings. The summed E-state index contributed by atoms with van der Waals surface area (Å²) in [5.74, 6) is -0.813. The van der Waals surface area contributed by atoms with Crippen LogP contribution >= 0.6 is 11.3 Å². The van der Waals surface area contributed by atoms with Gasteiger partial charge in [0.05, 0.1) is 18.9 Å². The van der Waals surface area contributed by atoms with Crippen molar-refractivity contribution in [2.75, 3.05) is 7.11 Å². The van der Waals surface area contributed by atoms with E-state index in [-0.39, 0.29) is 17.9 Å². The Morgan fingerprint density at radius 3 is 2.61 bits per heavy atom. The van der Waals surface area contributed by atoms with Crippen molar-refractivity contribution < 1.29 is 23.8 Å². The second-order valence-electron chi connectivity index (χ2n) is 6.27. The smallest absolute Gasteiger partial charge is 0.290 e. The SMILES string of the molecule is COc1ccc(CN2C(=O)C(O)=C(C(=O)c3ccco3)C2c2cccs2)cc1. The number of aliphatic hydroxyl groups excluding tert-OH is 1. The molecule has 1 aliphatic rings. The number of aliphatic hydroxyl groups is 1. The lowest BCUT2D eigenvalue weighted by Crippen LogP contribution is -2.30. The number of furan rings is 1. The molecule has 0 bridgehead atoms. The molecule has 3 aromatic rings. The van der Waals surface area contributed by atoms with Gasteiger partial charge in [0.15, 0.2) is 11.5 Å². The van der Waals surface area contributed by atoms with Gasteiger partial charge in [0.25, 0.3) is 5.91 Å². The molecule has 0 aliphatic carbocycles. The van der Waals surface area contributed by atoms with Crippen LogP contribution in [0.3, 0.4) is 0 Å². The van der Waals surface area contributed by atoms with E-state index >= 15 is 0 Å². The number of carbonyl (C=O) groups is 2. The van der Waals surface area contributed by atoms with Crippen molar-refractivity contribution in [2.45, 2.75) is 12.6 Å². The quantitative estimate of drug-likeness (QED) is 0.635. The van der Waals surface area contributed by atoms with E-state index in [0.29, 0.717) is 5.75 Å². The fourth-order valence-electron chi connectivity index (χ4n) is 3.26. The molecule has 0 spiro atoms. The minimum absolute atomic E-state index is 0.0379. The van der Waals surface area contributed by atoms with Gasteiger partial charge in [-0.2, -0.15) is 0 Å². The van der Waals surface area contributed by atoms with Gasteiger partial charge in [0.2, 0.25) is 5.78 Å². The summed E-state index contributed by atoms with van der Waals surface area (Å²) in [5, 5.41) is 12.4. The number of methoxy groups -OCH3 is 1. The molecule has 3 heterocycles. The first-order valence-electron chi connectivity index (χ1n) is 8.58. The van der Waals surface area contributed by atoms with Crippen LogP contribution in [-0.4, -0.2) is 28.8 Å². The molecule has 1 aromatic carbocycles. The number of ketones is 1. The number of amides is 1. The van der Waals surface area contributed by atoms with Crippen LogP contribution in [0.25, 0.3) is 0 Å². The van der Waals surface area contributed by atoms with Crippen LogP contribution in [-0.2, 0) is 11.3 Å². The Morgan fingerprint density at radius 1 is 1.21 bits per heavy atom. The maximum atomic E-state index is 12.9. The second kappa shape index (κ2) is 7.36. The van der Waals surface area contributed by atoms with Crippen LogP contribution in [0.2, 0.25) is 0 Å². The molecule has 7 heteroatoms. The molecule has 28 heavy (non-hydrogen) atoms. The number of carbonyl (C=O) groups excluding carboxylic acids is 2. The fraction of sp³-hybridized carbons (Fsp3) is 0.143. The lowest BCUT2D eigenvalue weighted by molar-refractivity contribution is -0.130. The number of hydrogen-bond acceptors (Lipinski definition) is 6. The highest BCUT2D eigenvalue weighted by atomic mass is 32.1. The molecule has 1 N–H and O–H groups in total. The van der Waals surface area contributed by atoms with Crippen molar-refractivity contribution >= 4 is 23.0 Å². The van der Waals surface area contributed by atoms with Gasteiger partial charge in [-0.3, -0.25) is 9.59 Å². The third-order valence-electron chi connectivity index (χ3n) is 4.62. The summed E-state index contributed by atoms with van der Waals surface area (Å²) in [7, 11) is 1.58. The molecule has 1 atom stereocenters. The zero-order valence-corrected chi connectivity index (χ0v) is 15.8. The van der Waals surface area contributed by atoms with Crippen LogP contribution in [0.1, 0.15) is 27.0 Å². The molecule has 6 nitrogen and oxygen atoms in total. The first kappa shape index (κ1) is 18.1. The van der Waals surface area contributed by atoms with Gasteiger partial charge >= 0.3 is 0 Å². The maximum Gasteiger partial charge on any atom is 0.290 e. The van der Waals surface area contributed by atoms with Gasteiger partial charge in [-0.1, -0.05) is 18.2 Å². The predicted octanol–water partition coefficient (Wildman–Crippen LogP) is 4.13. The molecule has 0 saturated heterocycles. The lowest BCUT2D eigenvalue weighted by atomic mass is 10.00. The van der Waals surface area contributed by atoms with Gasteiger partial charge in [0, 0.05) is 11.4 Å². The second-order valence-corrected chi connectivity index (χ2v) is 7.25. The molecular weight excluding hydrogens is 378 g/mol. The summed E-state index contributed by atoms with van der Waals surface area (Å²) in [6.45, 7) is 0.240. The van der Waals surface area contributed by atoms with Gasteiger partial charge in [-0.05, 0) is 41.3 Å². The number of nitrogens with zero attached hydrogens (tertiary/aromatic N) is 1. The minimum Gasteiger partial charge on any atom is -0.503 e. The summed E-state index contributed by atoms with van der Waals surface area (Å²) in [4.78, 5) is 28.1. The number of Topliss-reactive ketones (excluding diaryl/α,β-unsaturated/α-hetero) is 1. The van der Waals surface area contributed by atoms with Gasteiger partial charge < -0.3 is 19.2 Å². The van der Waals surface area contributed by atoms with Crippen molar-refractivity contribution in [3.05, 3.63) is 87.7 Å². The van der Waals surface area contributed by atoms with E-state index in [1.165, 1.54) is 28.6 Å². The highest BCUT2D eigenvalue weighted by Gasteiger charge is 2.44. The van der Waals surface area contributed by atoms with Gasteiger partial charge in [0.1, 0.15) is 11.8 Å². The van der Waals surface area contributed by atoms with E-state index in [1.807, 2.05) is 29.6 Å². The van der Waals surface area contributed by atoms with E-state index in [4.69, 9.17) is 9.15 Å². The molecule has 1 amide bonds. The number of ether oxygens (including phenoxy) is 1. The summed E-state index contributed by atoms with van der Waals surface area (Å²) >= 11 is 1.42. The molecule has 0 saturated carbocycles.